The van der Waals surface area contributed by atoms with Gasteiger partial charge >= 0.3 is 0 Å². The number of halogens is 2. The van der Waals surface area contributed by atoms with Crippen LogP contribution < -0.4 is 9.62 Å². The third-order valence-electron chi connectivity index (χ3n) is 5.23. The standard InChI is InChI=1S/C24H31BrFN3O4S/c1-4-14-27-24(31)18(2)28(17-19-7-5-8-20(25)16-19)23(30)9-6-15-29(34(3,32)33)22-12-10-21(26)11-13-22/h5,7-8,10-13,16,18H,4,6,9,14-15,17H2,1-3H3,(H,27,31). The van der Waals surface area contributed by atoms with Crippen LogP contribution in [0.3, 0.4) is 0 Å². The van der Waals surface area contributed by atoms with E-state index in [9.17, 15) is 22.4 Å². The lowest BCUT2D eigenvalue weighted by atomic mass is 10.1. The van der Waals surface area contributed by atoms with Crippen LogP contribution in [0.4, 0.5) is 10.1 Å². The van der Waals surface area contributed by atoms with Gasteiger partial charge in [0.25, 0.3) is 0 Å². The lowest BCUT2D eigenvalue weighted by Crippen LogP contribution is -2.47. The first kappa shape index (κ1) is 27.8. The fraction of sp³-hybridized carbons (Fsp3) is 0.417. The predicted molar refractivity (Wildman–Crippen MR) is 135 cm³/mol. The van der Waals surface area contributed by atoms with Gasteiger partial charge in [0.05, 0.1) is 11.9 Å². The number of carbonyl (C=O) groups excluding carboxylic acids is 2. The summed E-state index contributed by atoms with van der Waals surface area (Å²) in [6.07, 6.45) is 2.13. The number of hydrogen-bond acceptors (Lipinski definition) is 4. The smallest absolute Gasteiger partial charge is 0.242 e. The van der Waals surface area contributed by atoms with Gasteiger partial charge in [0, 0.05) is 30.5 Å². The van der Waals surface area contributed by atoms with E-state index in [4.69, 9.17) is 0 Å². The third-order valence-corrected chi connectivity index (χ3v) is 6.91. The monoisotopic (exact) mass is 555 g/mol. The summed E-state index contributed by atoms with van der Waals surface area (Å²) in [5.41, 5.74) is 1.19. The van der Waals surface area contributed by atoms with Crippen molar-refractivity contribution in [2.24, 2.45) is 0 Å². The fourth-order valence-electron chi connectivity index (χ4n) is 3.42. The van der Waals surface area contributed by atoms with Crippen LogP contribution in [-0.4, -0.2) is 50.5 Å². The summed E-state index contributed by atoms with van der Waals surface area (Å²) in [4.78, 5) is 27.3. The summed E-state index contributed by atoms with van der Waals surface area (Å²) < 4.78 is 39.8. The Bertz CT molecular complexity index is 1080. The van der Waals surface area contributed by atoms with Gasteiger partial charge in [-0.15, -0.1) is 0 Å². The van der Waals surface area contributed by atoms with E-state index in [0.717, 1.165) is 27.0 Å². The number of benzene rings is 2. The highest BCUT2D eigenvalue weighted by molar-refractivity contribution is 9.10. The number of nitrogens with one attached hydrogen (secondary N) is 1. The zero-order valence-electron chi connectivity index (χ0n) is 19.6. The Balaban J connectivity index is 2.14. The molecule has 10 heteroatoms. The Labute approximate surface area is 209 Å². The Kier molecular flexibility index (Phi) is 10.5. The summed E-state index contributed by atoms with van der Waals surface area (Å²) in [6, 6.07) is 12.0. The molecule has 0 saturated heterocycles. The zero-order valence-corrected chi connectivity index (χ0v) is 22.0. The average molecular weight is 556 g/mol. The molecule has 2 aromatic carbocycles. The SMILES string of the molecule is CCCNC(=O)C(C)N(Cc1cccc(Br)c1)C(=O)CCCN(c1ccc(F)cc1)S(C)(=O)=O. The molecule has 0 aliphatic carbocycles. The van der Waals surface area contributed by atoms with Crippen LogP contribution in [0.2, 0.25) is 0 Å². The number of nitrogens with zero attached hydrogens (tertiary/aromatic N) is 2. The van der Waals surface area contributed by atoms with E-state index in [1.165, 1.54) is 29.2 Å². The second-order valence-electron chi connectivity index (χ2n) is 8.03. The molecule has 1 atom stereocenters. The van der Waals surface area contributed by atoms with Gasteiger partial charge in [0.15, 0.2) is 0 Å². The Morgan fingerprint density at radius 1 is 1.15 bits per heavy atom. The summed E-state index contributed by atoms with van der Waals surface area (Å²) in [5.74, 6) is -0.966. The van der Waals surface area contributed by atoms with Gasteiger partial charge < -0.3 is 10.2 Å². The highest BCUT2D eigenvalue weighted by Crippen LogP contribution is 2.20. The highest BCUT2D eigenvalue weighted by atomic mass is 79.9. The topological polar surface area (TPSA) is 86.8 Å². The molecule has 186 valence electrons. The minimum atomic E-state index is -3.63. The maximum Gasteiger partial charge on any atom is 0.242 e. The Morgan fingerprint density at radius 2 is 1.82 bits per heavy atom. The quantitative estimate of drug-likeness (QED) is 0.427. The predicted octanol–water partition coefficient (Wildman–Crippen LogP) is 4.08. The van der Waals surface area contributed by atoms with Crippen LogP contribution in [0.1, 0.15) is 38.7 Å². The molecule has 0 aliphatic heterocycles. The largest absolute Gasteiger partial charge is 0.354 e. The van der Waals surface area contributed by atoms with Crippen molar-refractivity contribution >= 4 is 43.5 Å². The molecule has 0 fully saturated rings. The second-order valence-corrected chi connectivity index (χ2v) is 10.9. The molecule has 0 saturated carbocycles. The first-order valence-corrected chi connectivity index (χ1v) is 13.7. The molecule has 2 aromatic rings. The van der Waals surface area contributed by atoms with Gasteiger partial charge in [-0.3, -0.25) is 13.9 Å². The van der Waals surface area contributed by atoms with E-state index >= 15 is 0 Å². The number of sulfonamides is 1. The fourth-order valence-corrected chi connectivity index (χ4v) is 4.83. The Morgan fingerprint density at radius 3 is 2.41 bits per heavy atom. The molecule has 0 bridgehead atoms. The number of amides is 2. The van der Waals surface area contributed by atoms with Crippen molar-refractivity contribution in [3.8, 4) is 0 Å². The van der Waals surface area contributed by atoms with E-state index < -0.39 is 21.9 Å². The Hall–Kier alpha value is -2.46. The molecule has 0 spiro atoms. The van der Waals surface area contributed by atoms with Crippen molar-refractivity contribution in [1.82, 2.24) is 10.2 Å². The number of carbonyl (C=O) groups is 2. The molecule has 0 aliphatic rings. The molecule has 2 rings (SSSR count). The molecule has 1 unspecified atom stereocenters. The van der Waals surface area contributed by atoms with Crippen molar-refractivity contribution in [3.63, 3.8) is 0 Å². The van der Waals surface area contributed by atoms with Crippen molar-refractivity contribution < 1.29 is 22.4 Å². The highest BCUT2D eigenvalue weighted by Gasteiger charge is 2.26. The van der Waals surface area contributed by atoms with Gasteiger partial charge in [-0.05, 0) is 61.7 Å². The third kappa shape index (κ3) is 8.39. The summed E-state index contributed by atoms with van der Waals surface area (Å²) in [7, 11) is -3.63. The van der Waals surface area contributed by atoms with E-state index in [1.54, 1.807) is 6.92 Å². The first-order chi connectivity index (χ1) is 16.0. The van der Waals surface area contributed by atoms with Crippen LogP contribution in [-0.2, 0) is 26.2 Å². The molecule has 0 radical (unpaired) electrons. The molecule has 34 heavy (non-hydrogen) atoms. The normalized spacial score (nSPS) is 12.1. The van der Waals surface area contributed by atoms with E-state index in [-0.39, 0.29) is 37.7 Å². The lowest BCUT2D eigenvalue weighted by molar-refractivity contribution is -0.140. The molecule has 2 amide bonds. The van der Waals surface area contributed by atoms with Gasteiger partial charge in [0.1, 0.15) is 11.9 Å². The molecule has 0 aromatic heterocycles. The van der Waals surface area contributed by atoms with Crippen LogP contribution in [0, 0.1) is 5.82 Å². The van der Waals surface area contributed by atoms with Gasteiger partial charge in [-0.1, -0.05) is 35.0 Å². The molecule has 1 N–H and O–H groups in total. The van der Waals surface area contributed by atoms with Crippen LogP contribution in [0.5, 0.6) is 0 Å². The second kappa shape index (κ2) is 12.9. The molecule has 7 nitrogen and oxygen atoms in total. The van der Waals surface area contributed by atoms with Crippen molar-refractivity contribution in [3.05, 3.63) is 64.4 Å². The van der Waals surface area contributed by atoms with Crippen molar-refractivity contribution in [2.45, 2.75) is 45.7 Å². The minimum Gasteiger partial charge on any atom is -0.354 e. The average Bonchev–Trinajstić information content (AvgIpc) is 2.78. The molecular formula is C24H31BrFN3O4S. The van der Waals surface area contributed by atoms with E-state index in [0.29, 0.717) is 12.2 Å². The first-order valence-electron chi connectivity index (χ1n) is 11.1. The summed E-state index contributed by atoms with van der Waals surface area (Å²) in [6.45, 7) is 4.44. The van der Waals surface area contributed by atoms with Crippen LogP contribution in [0.15, 0.2) is 53.0 Å². The maximum atomic E-state index is 13.3. The summed E-state index contributed by atoms with van der Waals surface area (Å²) in [5, 5.41) is 2.82. The molecule has 0 heterocycles. The van der Waals surface area contributed by atoms with Crippen LogP contribution >= 0.6 is 15.9 Å². The minimum absolute atomic E-state index is 0.0482. The van der Waals surface area contributed by atoms with E-state index in [1.807, 2.05) is 31.2 Å². The number of hydrogen-bond donors (Lipinski definition) is 1. The van der Waals surface area contributed by atoms with Crippen LogP contribution in [0.25, 0.3) is 0 Å². The van der Waals surface area contributed by atoms with Crippen molar-refractivity contribution in [2.75, 3.05) is 23.7 Å². The van der Waals surface area contributed by atoms with Gasteiger partial charge in [-0.2, -0.15) is 0 Å². The number of rotatable bonds is 12. The zero-order chi connectivity index (χ0) is 25.3. The lowest BCUT2D eigenvalue weighted by Gasteiger charge is -2.29. The summed E-state index contributed by atoms with van der Waals surface area (Å²) >= 11 is 3.42. The van der Waals surface area contributed by atoms with Gasteiger partial charge in [-0.25, -0.2) is 12.8 Å². The van der Waals surface area contributed by atoms with Gasteiger partial charge in [0.2, 0.25) is 21.8 Å². The van der Waals surface area contributed by atoms with Crippen molar-refractivity contribution in [1.29, 1.82) is 0 Å². The number of anilines is 1. The maximum absolute atomic E-state index is 13.3. The molecular weight excluding hydrogens is 525 g/mol. The van der Waals surface area contributed by atoms with E-state index in [2.05, 4.69) is 21.2 Å².